The van der Waals surface area contributed by atoms with Crippen molar-refractivity contribution in [3.05, 3.63) is 70.0 Å². The van der Waals surface area contributed by atoms with Crippen LogP contribution in [0.5, 0.6) is 0 Å². The third kappa shape index (κ3) is 2.74. The second kappa shape index (κ2) is 6.22. The van der Waals surface area contributed by atoms with Gasteiger partial charge in [-0.25, -0.2) is 22.0 Å². The molecule has 1 amide bonds. The van der Waals surface area contributed by atoms with Gasteiger partial charge in [-0.05, 0) is 24.0 Å². The average Bonchev–Trinajstić information content (AvgIpc) is 2.98. The van der Waals surface area contributed by atoms with Gasteiger partial charge in [-0.3, -0.25) is 4.79 Å². The van der Waals surface area contributed by atoms with Crippen molar-refractivity contribution in [3.63, 3.8) is 0 Å². The number of hydrogen-bond donors (Lipinski definition) is 1. The van der Waals surface area contributed by atoms with E-state index in [9.17, 15) is 26.7 Å². The Balaban J connectivity index is 1.80. The predicted molar refractivity (Wildman–Crippen MR) is 75.6 cm³/mol. The molecule has 126 valence electrons. The molecule has 3 rings (SSSR count). The van der Waals surface area contributed by atoms with Crippen LogP contribution < -0.4 is 5.32 Å². The highest BCUT2D eigenvalue weighted by Crippen LogP contribution is 2.31. The Morgan fingerprint density at radius 2 is 1.54 bits per heavy atom. The van der Waals surface area contributed by atoms with Crippen molar-refractivity contribution in [3.8, 4) is 0 Å². The average molecular weight is 341 g/mol. The molecule has 0 saturated heterocycles. The highest BCUT2D eigenvalue weighted by molar-refractivity contribution is 5.79. The van der Waals surface area contributed by atoms with E-state index in [1.54, 1.807) is 6.07 Å². The molecule has 0 heterocycles. The van der Waals surface area contributed by atoms with Crippen LogP contribution in [0.25, 0.3) is 0 Å². The van der Waals surface area contributed by atoms with Crippen LogP contribution in [-0.4, -0.2) is 5.91 Å². The molecule has 1 aliphatic rings. The van der Waals surface area contributed by atoms with Crippen LogP contribution in [-0.2, 0) is 17.6 Å². The summed E-state index contributed by atoms with van der Waals surface area (Å²) in [4.78, 5) is 12.0. The van der Waals surface area contributed by atoms with Crippen LogP contribution >= 0.6 is 0 Å². The van der Waals surface area contributed by atoms with Gasteiger partial charge in [0.25, 0.3) is 0 Å². The lowest BCUT2D eigenvalue weighted by Gasteiger charge is -2.15. The molecule has 0 fully saturated rings. The lowest BCUT2D eigenvalue weighted by molar-refractivity contribution is -0.121. The fourth-order valence-corrected chi connectivity index (χ4v) is 2.92. The van der Waals surface area contributed by atoms with E-state index >= 15 is 0 Å². The number of carbonyl (C=O) groups is 1. The van der Waals surface area contributed by atoms with Crippen molar-refractivity contribution in [1.82, 2.24) is 5.32 Å². The topological polar surface area (TPSA) is 29.1 Å². The number of aryl methyl sites for hydroxylation is 1. The fraction of sp³-hybridized carbons (Fsp3) is 0.235. The Labute approximate surface area is 134 Å². The van der Waals surface area contributed by atoms with Crippen LogP contribution in [0.15, 0.2) is 24.3 Å². The third-order valence-electron chi connectivity index (χ3n) is 4.11. The molecular formula is C17H12F5NO. The summed E-state index contributed by atoms with van der Waals surface area (Å²) in [7, 11) is 0. The molecular weight excluding hydrogens is 329 g/mol. The monoisotopic (exact) mass is 341 g/mol. The maximum Gasteiger partial charge on any atom is 0.225 e. The van der Waals surface area contributed by atoms with Crippen LogP contribution in [0, 0.1) is 29.1 Å². The second-order valence-electron chi connectivity index (χ2n) is 5.58. The van der Waals surface area contributed by atoms with Crippen LogP contribution in [0.3, 0.4) is 0 Å². The van der Waals surface area contributed by atoms with Crippen LogP contribution in [0.4, 0.5) is 22.0 Å². The molecule has 7 heteroatoms. The summed E-state index contributed by atoms with van der Waals surface area (Å²) in [5.74, 6) is -11.1. The Hall–Kier alpha value is -2.44. The quantitative estimate of drug-likeness (QED) is 0.514. The van der Waals surface area contributed by atoms with E-state index in [2.05, 4.69) is 5.32 Å². The Kier molecular flexibility index (Phi) is 4.26. The molecule has 0 bridgehead atoms. The molecule has 0 radical (unpaired) electrons. The first-order valence-electron chi connectivity index (χ1n) is 7.27. The van der Waals surface area contributed by atoms with E-state index in [1.807, 2.05) is 18.2 Å². The fourth-order valence-electron chi connectivity index (χ4n) is 2.92. The summed E-state index contributed by atoms with van der Waals surface area (Å²) in [6.45, 7) is 0. The zero-order chi connectivity index (χ0) is 17.4. The van der Waals surface area contributed by atoms with E-state index in [4.69, 9.17) is 0 Å². The van der Waals surface area contributed by atoms with Gasteiger partial charge in [0.1, 0.15) is 0 Å². The minimum Gasteiger partial charge on any atom is -0.349 e. The van der Waals surface area contributed by atoms with Gasteiger partial charge in [0, 0.05) is 5.56 Å². The van der Waals surface area contributed by atoms with Crippen molar-refractivity contribution in [1.29, 1.82) is 0 Å². The maximum atomic E-state index is 13.6. The summed E-state index contributed by atoms with van der Waals surface area (Å²) < 4.78 is 66.6. The zero-order valence-corrected chi connectivity index (χ0v) is 12.3. The molecule has 0 saturated carbocycles. The molecule has 1 aliphatic carbocycles. The van der Waals surface area contributed by atoms with Gasteiger partial charge in [-0.15, -0.1) is 0 Å². The summed E-state index contributed by atoms with van der Waals surface area (Å²) in [6.07, 6.45) is 0.427. The zero-order valence-electron chi connectivity index (χ0n) is 12.3. The molecule has 1 atom stereocenters. The number of nitrogens with one attached hydrogen (secondary N) is 1. The maximum absolute atomic E-state index is 13.6. The second-order valence-corrected chi connectivity index (χ2v) is 5.58. The first-order valence-corrected chi connectivity index (χ1v) is 7.27. The summed E-state index contributed by atoms with van der Waals surface area (Å²) >= 11 is 0. The van der Waals surface area contributed by atoms with Gasteiger partial charge in [0.2, 0.25) is 11.7 Å². The van der Waals surface area contributed by atoms with Gasteiger partial charge in [-0.1, -0.05) is 24.3 Å². The molecule has 2 aromatic rings. The van der Waals surface area contributed by atoms with E-state index < -0.39 is 47.0 Å². The Bertz CT molecular complexity index is 792. The van der Waals surface area contributed by atoms with Crippen LogP contribution in [0.2, 0.25) is 0 Å². The number of halogens is 5. The molecule has 0 spiro atoms. The van der Waals surface area contributed by atoms with Gasteiger partial charge < -0.3 is 5.32 Å². The lowest BCUT2D eigenvalue weighted by atomic mass is 10.1. The van der Waals surface area contributed by atoms with Crippen LogP contribution in [0.1, 0.15) is 29.2 Å². The van der Waals surface area contributed by atoms with E-state index in [0.29, 0.717) is 6.42 Å². The molecule has 2 nitrogen and oxygen atoms in total. The predicted octanol–water partition coefficient (Wildman–Crippen LogP) is 3.73. The van der Waals surface area contributed by atoms with Crippen molar-refractivity contribution in [2.45, 2.75) is 25.3 Å². The van der Waals surface area contributed by atoms with Gasteiger partial charge in [0.05, 0.1) is 12.5 Å². The number of carbonyl (C=O) groups excluding carboxylic acids is 1. The number of amides is 1. The lowest BCUT2D eigenvalue weighted by Crippen LogP contribution is -2.29. The molecule has 0 aliphatic heterocycles. The smallest absolute Gasteiger partial charge is 0.225 e. The highest BCUT2D eigenvalue weighted by Gasteiger charge is 2.28. The van der Waals surface area contributed by atoms with Gasteiger partial charge in [0.15, 0.2) is 23.3 Å². The van der Waals surface area contributed by atoms with Gasteiger partial charge in [-0.2, -0.15) is 0 Å². The molecule has 24 heavy (non-hydrogen) atoms. The summed E-state index contributed by atoms with van der Waals surface area (Å²) in [6, 6.07) is 7.05. The minimum atomic E-state index is -2.24. The van der Waals surface area contributed by atoms with E-state index in [0.717, 1.165) is 17.5 Å². The molecule has 2 aromatic carbocycles. The SMILES string of the molecule is O=C(Cc1c(F)c(F)c(F)c(F)c1F)NC1CCc2ccccc21. The van der Waals surface area contributed by atoms with Gasteiger partial charge >= 0.3 is 0 Å². The Morgan fingerprint density at radius 3 is 2.21 bits per heavy atom. The first kappa shape index (κ1) is 16.4. The standard InChI is InChI=1S/C17H12F5NO/c18-13-10(14(19)16(21)17(22)15(13)20)7-12(24)23-11-6-5-8-3-1-2-4-9(8)11/h1-4,11H,5-7H2,(H,23,24). The van der Waals surface area contributed by atoms with Crippen molar-refractivity contribution < 1.29 is 26.7 Å². The Morgan fingerprint density at radius 1 is 0.958 bits per heavy atom. The largest absolute Gasteiger partial charge is 0.349 e. The molecule has 1 N–H and O–H groups in total. The highest BCUT2D eigenvalue weighted by atomic mass is 19.2. The van der Waals surface area contributed by atoms with Crippen molar-refractivity contribution in [2.24, 2.45) is 0 Å². The number of benzene rings is 2. The first-order chi connectivity index (χ1) is 11.4. The minimum absolute atomic E-state index is 0.338. The number of fused-ring (bicyclic) bond motifs is 1. The molecule has 1 unspecified atom stereocenters. The number of rotatable bonds is 3. The molecule has 0 aromatic heterocycles. The van der Waals surface area contributed by atoms with Crippen molar-refractivity contribution >= 4 is 5.91 Å². The van der Waals surface area contributed by atoms with E-state index in [-0.39, 0.29) is 6.04 Å². The number of hydrogen-bond acceptors (Lipinski definition) is 1. The van der Waals surface area contributed by atoms with E-state index in [1.165, 1.54) is 0 Å². The third-order valence-corrected chi connectivity index (χ3v) is 4.11. The normalized spacial score (nSPS) is 16.1. The summed E-state index contributed by atoms with van der Waals surface area (Å²) in [5, 5.41) is 2.58. The van der Waals surface area contributed by atoms with Crippen molar-refractivity contribution in [2.75, 3.05) is 0 Å². The summed E-state index contributed by atoms with van der Waals surface area (Å²) in [5.41, 5.74) is 0.817.